The van der Waals surface area contributed by atoms with E-state index < -0.39 is 17.1 Å². The van der Waals surface area contributed by atoms with E-state index in [0.717, 1.165) is 25.1 Å². The molecule has 0 aliphatic heterocycles. The molecular weight excluding hydrogens is 1310 g/mol. The predicted molar refractivity (Wildman–Crippen MR) is 349 cm³/mol. The number of rotatable bonds is 9. The third-order valence-electron chi connectivity index (χ3n) is 11.0. The molecule has 0 bridgehead atoms. The molecule has 0 saturated carbocycles. The number of aromatic hydroxyl groups is 1. The maximum absolute atomic E-state index is 12.4. The molecule has 4 aromatic heterocycles. The van der Waals surface area contributed by atoms with Crippen molar-refractivity contribution in [3.63, 3.8) is 0 Å². The third kappa shape index (κ3) is 20.1. The topological polar surface area (TPSA) is 309 Å². The fraction of sp³-hybridized carbons (Fsp3) is 0.0500. The number of amides is 2. The van der Waals surface area contributed by atoms with Crippen molar-refractivity contribution >= 4 is 173 Å². The number of halogens is 6. The van der Waals surface area contributed by atoms with Crippen LogP contribution in [0.25, 0.3) is 30.6 Å². The molecule has 0 atom stereocenters. The van der Waals surface area contributed by atoms with E-state index in [2.05, 4.69) is 48.8 Å². The number of hydrogen-bond acceptors (Lipinski definition) is 19. The van der Waals surface area contributed by atoms with Crippen LogP contribution in [0.1, 0.15) is 58.1 Å². The summed E-state index contributed by atoms with van der Waals surface area (Å²) in [6.45, 7) is 0. The number of ether oxygens (including phenoxy) is 3. The summed E-state index contributed by atoms with van der Waals surface area (Å²) < 4.78 is 17.5. The van der Waals surface area contributed by atoms with Gasteiger partial charge in [0.1, 0.15) is 28.6 Å². The zero-order valence-electron chi connectivity index (χ0n) is 45.5. The summed E-state index contributed by atoms with van der Waals surface area (Å²) in [6.07, 6.45) is 3.50. The average molecular weight is 1360 g/mol. The van der Waals surface area contributed by atoms with E-state index in [9.17, 15) is 24.3 Å². The van der Waals surface area contributed by atoms with Crippen LogP contribution >= 0.6 is 104 Å². The number of carboxylic acids is 1. The standard InChI is InChI=1S/C16H10ClN3O2S.C15H8ClN3O2S.C8H6Cl2O2.C8H7ClO3.C8H5N3S.C5H5N.ClH/c1-22-13-5-3-10(17)7-11(13)15(21)20-16-19-12-4-2-9(8-18)6-14(12)23-16;16-9-2-4-12(20)10(6-9)14(21)19-15-18-11-3-1-8(7-17)5-13(11)22-15;2*1-12-7-3-2-5(9)4-6(7)8(10)11;9-4-5-1-2-6-7(3-5)12-8(10)11-6;1-2-4-6-5-3-1;/h2-7H,1H3,(H,19,20,21);1-6,20H,(H,18,19,21);2-4H,1H3;2-4H,1H3,(H,10,11);1-3H,(H2,10,11);1-5H;1H. The van der Waals surface area contributed by atoms with Crippen LogP contribution in [-0.4, -0.2) is 74.5 Å². The van der Waals surface area contributed by atoms with Crippen molar-refractivity contribution in [1.82, 2.24) is 19.9 Å². The van der Waals surface area contributed by atoms with Gasteiger partial charge in [-0.3, -0.25) is 30.0 Å². The minimum Gasteiger partial charge on any atom is -0.507 e. The number of pyridine rings is 1. The molecule has 4 heterocycles. The molecule has 11 aromatic rings. The summed E-state index contributed by atoms with van der Waals surface area (Å²) in [4.78, 5) is 62.4. The highest BCUT2D eigenvalue weighted by Crippen LogP contribution is 2.32. The summed E-state index contributed by atoms with van der Waals surface area (Å²) in [5.41, 5.74) is 10.3. The van der Waals surface area contributed by atoms with Crippen LogP contribution in [0.4, 0.5) is 15.4 Å². The first kappa shape index (κ1) is 69.4. The molecule has 0 radical (unpaired) electrons. The van der Waals surface area contributed by atoms with Gasteiger partial charge in [-0.1, -0.05) is 86.5 Å². The number of nitriles is 3. The van der Waals surface area contributed by atoms with Crippen molar-refractivity contribution in [1.29, 1.82) is 15.8 Å². The van der Waals surface area contributed by atoms with Gasteiger partial charge in [0.25, 0.3) is 17.1 Å². The summed E-state index contributed by atoms with van der Waals surface area (Å²) in [5, 5.41) is 52.6. The number of carbonyl (C=O) groups excluding carboxylic acids is 3. The van der Waals surface area contributed by atoms with Gasteiger partial charge in [0, 0.05) is 32.5 Å². The first-order valence-electron chi connectivity index (χ1n) is 24.3. The maximum Gasteiger partial charge on any atom is 0.339 e. The fourth-order valence-electron chi connectivity index (χ4n) is 6.98. The lowest BCUT2D eigenvalue weighted by Gasteiger charge is -2.08. The van der Waals surface area contributed by atoms with E-state index in [4.69, 9.17) is 98.8 Å². The van der Waals surface area contributed by atoms with Crippen molar-refractivity contribution in [2.24, 2.45) is 0 Å². The number of methoxy groups -OCH3 is 3. The summed E-state index contributed by atoms with van der Waals surface area (Å²) in [7, 11) is 4.36. The molecule has 0 aliphatic rings. The zero-order chi connectivity index (χ0) is 63.2. The quantitative estimate of drug-likeness (QED) is 0.0839. The Morgan fingerprint density at radius 2 is 0.886 bits per heavy atom. The first-order chi connectivity index (χ1) is 41.7. The number of nitrogen functional groups attached to an aromatic ring is 1. The molecule has 0 fully saturated rings. The van der Waals surface area contributed by atoms with Crippen LogP contribution in [0.2, 0.25) is 20.1 Å². The number of benzene rings is 7. The summed E-state index contributed by atoms with van der Waals surface area (Å²) in [5.74, 6) is -0.890. The van der Waals surface area contributed by atoms with Gasteiger partial charge >= 0.3 is 5.97 Å². The number of nitrogens with zero attached hydrogens (tertiary/aromatic N) is 7. The van der Waals surface area contributed by atoms with Gasteiger partial charge < -0.3 is 30.2 Å². The molecule has 0 saturated heterocycles. The van der Waals surface area contributed by atoms with Gasteiger partial charge in [-0.05, 0) is 151 Å². The minimum atomic E-state index is -1.05. The lowest BCUT2D eigenvalue weighted by Crippen LogP contribution is -2.13. The maximum atomic E-state index is 12.4. The molecule has 7 aromatic carbocycles. The lowest BCUT2D eigenvalue weighted by molar-refractivity contribution is 0.0692. The van der Waals surface area contributed by atoms with Crippen LogP contribution in [0.3, 0.4) is 0 Å². The Morgan fingerprint density at radius 1 is 0.511 bits per heavy atom. The molecule has 19 nitrogen and oxygen atoms in total. The number of phenolic OH excluding ortho intramolecular Hbond substituents is 1. The number of fused-ring (bicyclic) bond motifs is 3. The van der Waals surface area contributed by atoms with Crippen molar-refractivity contribution in [2.45, 2.75) is 0 Å². The third-order valence-corrected chi connectivity index (χ3v) is 14.8. The van der Waals surface area contributed by atoms with E-state index >= 15 is 0 Å². The highest BCUT2D eigenvalue weighted by Gasteiger charge is 2.18. The lowest BCUT2D eigenvalue weighted by atomic mass is 10.2. The number of anilines is 3. The van der Waals surface area contributed by atoms with Gasteiger partial charge in [0.15, 0.2) is 15.4 Å². The molecule has 0 unspecified atom stereocenters. The molecule has 0 aliphatic carbocycles. The number of phenols is 1. The van der Waals surface area contributed by atoms with E-state index in [1.54, 1.807) is 97.3 Å². The highest BCUT2D eigenvalue weighted by molar-refractivity contribution is 7.23. The van der Waals surface area contributed by atoms with E-state index in [0.29, 0.717) is 80.5 Å². The Kier molecular flexibility index (Phi) is 26.9. The Labute approximate surface area is 544 Å². The number of nitrogens with two attached hydrogens (primary N) is 1. The number of carbonyl (C=O) groups is 4. The molecule has 2 amide bonds. The van der Waals surface area contributed by atoms with Gasteiger partial charge in [-0.25, -0.2) is 19.7 Å². The highest BCUT2D eigenvalue weighted by atomic mass is 35.5. The predicted octanol–water partition coefficient (Wildman–Crippen LogP) is 15.9. The Hall–Kier alpha value is -9.35. The zero-order valence-corrected chi connectivity index (χ0v) is 52.5. The van der Waals surface area contributed by atoms with Gasteiger partial charge in [-0.2, -0.15) is 15.8 Å². The average Bonchev–Trinajstić information content (AvgIpc) is 2.47. The number of aromatic nitrogens is 4. The van der Waals surface area contributed by atoms with E-state index in [1.165, 1.54) is 97.8 Å². The van der Waals surface area contributed by atoms with Gasteiger partial charge in [-0.15, -0.1) is 12.4 Å². The fourth-order valence-corrected chi connectivity index (χ4v) is 10.4. The summed E-state index contributed by atoms with van der Waals surface area (Å²) in [6, 6.07) is 45.7. The van der Waals surface area contributed by atoms with Crippen LogP contribution in [0, 0.1) is 34.0 Å². The Morgan fingerprint density at radius 3 is 1.28 bits per heavy atom. The number of aromatic carboxylic acids is 1. The number of carboxylic acid groups (broad SMARTS) is 1. The number of hydrogen-bond donors (Lipinski definition) is 5. The van der Waals surface area contributed by atoms with Gasteiger partial charge in [0.05, 0.1) is 104 Å². The Balaban J connectivity index is 0.000000201. The normalized spacial score (nSPS) is 9.78. The second kappa shape index (κ2) is 34.1. The molecule has 0 spiro atoms. The molecule has 28 heteroatoms. The van der Waals surface area contributed by atoms with E-state index in [1.807, 2.05) is 18.2 Å². The molecule has 11 rings (SSSR count). The van der Waals surface area contributed by atoms with Crippen LogP contribution in [0.15, 0.2) is 158 Å². The summed E-state index contributed by atoms with van der Waals surface area (Å²) >= 11 is 32.2. The van der Waals surface area contributed by atoms with Crippen molar-refractivity contribution in [3.05, 3.63) is 217 Å². The van der Waals surface area contributed by atoms with Crippen molar-refractivity contribution in [3.8, 4) is 41.2 Å². The second-order valence-electron chi connectivity index (χ2n) is 16.7. The van der Waals surface area contributed by atoms with Crippen LogP contribution in [-0.2, 0) is 0 Å². The smallest absolute Gasteiger partial charge is 0.339 e. The SMILES string of the molecule is COc1ccc(Cl)cc1C(=O)Cl.COc1ccc(Cl)cc1C(=O)Nc1nc2ccc(C#N)cc2s1.COc1ccc(Cl)cc1C(=O)O.Cl.N#Cc1ccc2nc(N)sc2c1.N#Cc1ccc2nc(NC(=O)c3cc(Cl)ccc3O)sc2c1.c1ccncc1. The van der Waals surface area contributed by atoms with Crippen molar-refractivity contribution in [2.75, 3.05) is 37.7 Å². The van der Waals surface area contributed by atoms with Crippen molar-refractivity contribution < 1.29 is 43.6 Å². The van der Waals surface area contributed by atoms with E-state index in [-0.39, 0.29) is 40.8 Å². The van der Waals surface area contributed by atoms with Crippen LogP contribution in [0.5, 0.6) is 23.0 Å². The molecule has 446 valence electrons. The molecule has 6 N–H and O–H groups in total. The van der Waals surface area contributed by atoms with Gasteiger partial charge in [0.2, 0.25) is 0 Å². The van der Waals surface area contributed by atoms with Crippen LogP contribution < -0.4 is 30.6 Å². The molecular formula is C60H42Cl6N10O9S3. The minimum absolute atomic E-state index is 0. The Bertz CT molecular complexity index is 4330. The first-order valence-corrected chi connectivity index (χ1v) is 28.7. The second-order valence-corrected chi connectivity index (χ2v) is 21.9. The molecule has 88 heavy (non-hydrogen) atoms. The number of nitrogens with one attached hydrogen (secondary N) is 2. The number of thiazole rings is 3. The monoisotopic (exact) mass is 1350 g/mol. The largest absolute Gasteiger partial charge is 0.507 e.